The molecule has 3 aromatic carbocycles. The van der Waals surface area contributed by atoms with Crippen molar-refractivity contribution in [1.82, 2.24) is 4.98 Å². The molecular formula is C28H28F2N3O5S-. The van der Waals surface area contributed by atoms with Crippen molar-refractivity contribution < 1.29 is 34.7 Å². The van der Waals surface area contributed by atoms with Crippen LogP contribution in [-0.4, -0.2) is 32.2 Å². The van der Waals surface area contributed by atoms with E-state index >= 15 is 0 Å². The van der Waals surface area contributed by atoms with Crippen molar-refractivity contribution in [3.05, 3.63) is 83.9 Å². The normalized spacial score (nSPS) is 16.6. The van der Waals surface area contributed by atoms with Gasteiger partial charge in [0.1, 0.15) is 5.82 Å². The number of ether oxygens (including phenoxy) is 2. The Hall–Kier alpha value is -3.93. The number of hydrogen-bond donors (Lipinski definition) is 2. The lowest BCUT2D eigenvalue weighted by molar-refractivity contribution is -0.286. The average Bonchev–Trinajstić information content (AvgIpc) is 3.65. The fraction of sp³-hybridized carbons (Fsp3) is 0.214. The number of hydrogen-bond acceptors (Lipinski definition) is 7. The highest BCUT2D eigenvalue weighted by Gasteiger charge is 2.53. The minimum atomic E-state index is -3.70. The summed E-state index contributed by atoms with van der Waals surface area (Å²) in [5, 5.41) is 4.86. The number of amides is 1. The van der Waals surface area contributed by atoms with E-state index < -0.39 is 22.8 Å². The van der Waals surface area contributed by atoms with Gasteiger partial charge in [-0.15, -0.1) is 8.78 Å². The van der Waals surface area contributed by atoms with E-state index in [2.05, 4.69) is 14.8 Å². The SMILES string of the molecule is CS(=O)[O-].NCc1ccc(-c2nc(NC(=O)C3(c4ccc5c(c4)OC(F)(F)O5)CC3)cc3ccccc23)cc1.[HH].[HH]. The molecule has 206 valence electrons. The van der Waals surface area contributed by atoms with E-state index in [1.54, 1.807) is 6.07 Å². The number of nitrogens with one attached hydrogen (secondary N) is 1. The minimum Gasteiger partial charge on any atom is -0.773 e. The van der Waals surface area contributed by atoms with Gasteiger partial charge in [0, 0.05) is 20.3 Å². The molecule has 3 N–H and O–H groups in total. The van der Waals surface area contributed by atoms with Gasteiger partial charge in [0.2, 0.25) is 5.91 Å². The van der Waals surface area contributed by atoms with Gasteiger partial charge in [-0.25, -0.2) is 4.98 Å². The summed E-state index contributed by atoms with van der Waals surface area (Å²) in [5.41, 5.74) is 8.18. The highest BCUT2D eigenvalue weighted by molar-refractivity contribution is 7.78. The van der Waals surface area contributed by atoms with Crippen molar-refractivity contribution in [2.45, 2.75) is 31.1 Å². The average molecular weight is 557 g/mol. The van der Waals surface area contributed by atoms with Gasteiger partial charge in [-0.3, -0.25) is 9.00 Å². The van der Waals surface area contributed by atoms with Crippen LogP contribution in [0.5, 0.6) is 11.5 Å². The molecule has 1 saturated carbocycles. The number of carbonyl (C=O) groups is 1. The minimum absolute atomic E-state index is 0. The molecule has 1 amide bonds. The Morgan fingerprint density at radius 1 is 1.08 bits per heavy atom. The van der Waals surface area contributed by atoms with E-state index in [1.807, 2.05) is 54.6 Å². The molecule has 39 heavy (non-hydrogen) atoms. The molecule has 1 aliphatic heterocycles. The molecule has 6 rings (SSSR count). The molecule has 11 heteroatoms. The number of halogens is 2. The molecule has 0 spiro atoms. The fourth-order valence-electron chi connectivity index (χ4n) is 4.54. The molecule has 0 bridgehead atoms. The van der Waals surface area contributed by atoms with Crippen molar-refractivity contribution in [3.8, 4) is 22.8 Å². The predicted molar refractivity (Wildman–Crippen MR) is 146 cm³/mol. The van der Waals surface area contributed by atoms with Crippen LogP contribution in [0.4, 0.5) is 14.6 Å². The van der Waals surface area contributed by atoms with E-state index in [4.69, 9.17) is 19.5 Å². The summed E-state index contributed by atoms with van der Waals surface area (Å²) >= 11 is -1.86. The van der Waals surface area contributed by atoms with E-state index in [9.17, 15) is 13.6 Å². The summed E-state index contributed by atoms with van der Waals surface area (Å²) in [7, 11) is 0. The number of carbonyl (C=O) groups excluding carboxylic acids is 1. The van der Waals surface area contributed by atoms with Gasteiger partial charge in [-0.2, -0.15) is 0 Å². The second kappa shape index (κ2) is 10.3. The lowest BCUT2D eigenvalue weighted by Gasteiger charge is -2.17. The van der Waals surface area contributed by atoms with Crippen LogP contribution in [-0.2, 0) is 27.8 Å². The van der Waals surface area contributed by atoms with Gasteiger partial charge in [-0.05, 0) is 53.8 Å². The first-order valence-electron chi connectivity index (χ1n) is 12.0. The van der Waals surface area contributed by atoms with Crippen LogP contribution in [0.2, 0.25) is 0 Å². The number of pyridine rings is 1. The zero-order chi connectivity index (χ0) is 27.8. The quantitative estimate of drug-likeness (QED) is 0.318. The maximum absolute atomic E-state index is 13.4. The summed E-state index contributed by atoms with van der Waals surface area (Å²) in [4.78, 5) is 18.2. The van der Waals surface area contributed by atoms with Crippen LogP contribution < -0.4 is 20.5 Å². The van der Waals surface area contributed by atoms with Crippen LogP contribution in [0.3, 0.4) is 0 Å². The van der Waals surface area contributed by atoms with E-state index in [0.29, 0.717) is 30.8 Å². The van der Waals surface area contributed by atoms with Gasteiger partial charge in [-0.1, -0.05) is 65.7 Å². The Morgan fingerprint density at radius 3 is 2.41 bits per heavy atom. The van der Waals surface area contributed by atoms with Crippen molar-refractivity contribution >= 4 is 33.6 Å². The van der Waals surface area contributed by atoms with Crippen LogP contribution >= 0.6 is 0 Å². The zero-order valence-corrected chi connectivity index (χ0v) is 21.6. The van der Waals surface area contributed by atoms with Gasteiger partial charge < -0.3 is 25.1 Å². The highest BCUT2D eigenvalue weighted by Crippen LogP contribution is 2.52. The molecule has 8 nitrogen and oxygen atoms in total. The first-order valence-corrected chi connectivity index (χ1v) is 13.5. The number of aromatic nitrogens is 1. The van der Waals surface area contributed by atoms with Crippen LogP contribution in [0.25, 0.3) is 22.0 Å². The van der Waals surface area contributed by atoms with E-state index in [0.717, 1.165) is 33.8 Å². The summed E-state index contributed by atoms with van der Waals surface area (Å²) in [5.74, 6) is 0.0653. The first-order chi connectivity index (χ1) is 18.6. The zero-order valence-electron chi connectivity index (χ0n) is 20.8. The molecule has 4 aromatic rings. The summed E-state index contributed by atoms with van der Waals surface area (Å²) in [6.45, 7) is 0.449. The van der Waals surface area contributed by atoms with Gasteiger partial charge >= 0.3 is 6.29 Å². The van der Waals surface area contributed by atoms with Crippen molar-refractivity contribution in [1.29, 1.82) is 0 Å². The number of alkyl halides is 2. The standard InChI is InChI=1S/C27H21F2N3O3.CH4O2S.2H2/c28-27(29)34-21-10-9-19(14-22(21)35-27)26(11-12-26)25(33)32-23-13-18-3-1-2-4-20(18)24(31-23)17-7-5-16(15-30)6-8-17;1-4(2)3;;/h1-10,13-14H,11-12,15,30H2,(H,31,32,33);1H3,(H,2,3);2*1H/p-1. The smallest absolute Gasteiger partial charge is 0.586 e. The second-order valence-corrected chi connectivity index (χ2v) is 10.0. The van der Waals surface area contributed by atoms with Gasteiger partial charge in [0.05, 0.1) is 11.1 Å². The molecule has 2 heterocycles. The molecule has 0 saturated heterocycles. The Labute approximate surface area is 228 Å². The topological polar surface area (TPSA) is 127 Å². The number of nitrogens with zero attached hydrogens (tertiary/aromatic N) is 1. The van der Waals surface area contributed by atoms with E-state index in [-0.39, 0.29) is 20.3 Å². The van der Waals surface area contributed by atoms with Crippen LogP contribution in [0.15, 0.2) is 72.8 Å². The Kier molecular flexibility index (Phi) is 7.06. The number of benzene rings is 3. The lowest BCUT2D eigenvalue weighted by atomic mass is 9.94. The highest BCUT2D eigenvalue weighted by atomic mass is 32.2. The summed E-state index contributed by atoms with van der Waals surface area (Å²) in [6.07, 6.45) is -1.43. The fourth-order valence-corrected chi connectivity index (χ4v) is 4.54. The monoisotopic (exact) mass is 556 g/mol. The molecule has 0 radical (unpaired) electrons. The molecule has 1 fully saturated rings. The maximum atomic E-state index is 13.4. The Morgan fingerprint density at radius 2 is 1.74 bits per heavy atom. The summed E-state index contributed by atoms with van der Waals surface area (Å²) < 4.78 is 53.9. The first kappa shape index (κ1) is 26.7. The summed E-state index contributed by atoms with van der Waals surface area (Å²) in [6, 6.07) is 22.0. The van der Waals surface area contributed by atoms with Gasteiger partial charge in [0.15, 0.2) is 11.5 Å². The molecule has 1 unspecified atom stereocenters. The second-order valence-electron chi connectivity index (χ2n) is 9.24. The predicted octanol–water partition coefficient (Wildman–Crippen LogP) is 5.34. The van der Waals surface area contributed by atoms with Crippen molar-refractivity contribution in [2.75, 3.05) is 11.6 Å². The molecule has 2 aliphatic rings. The van der Waals surface area contributed by atoms with Gasteiger partial charge in [0.25, 0.3) is 0 Å². The van der Waals surface area contributed by atoms with Crippen LogP contribution in [0.1, 0.15) is 26.8 Å². The third kappa shape index (κ3) is 5.60. The van der Waals surface area contributed by atoms with E-state index in [1.165, 1.54) is 12.1 Å². The molecule has 1 atom stereocenters. The van der Waals surface area contributed by atoms with Crippen LogP contribution in [0, 0.1) is 0 Å². The molecule has 1 aliphatic carbocycles. The van der Waals surface area contributed by atoms with Crippen molar-refractivity contribution in [3.63, 3.8) is 0 Å². The Bertz CT molecular complexity index is 1580. The third-order valence-electron chi connectivity index (χ3n) is 6.58. The Balaban J connectivity index is 0.000000725. The maximum Gasteiger partial charge on any atom is 0.586 e. The number of nitrogens with two attached hydrogens (primary N) is 1. The molecular weight excluding hydrogens is 528 g/mol. The number of rotatable bonds is 5. The number of anilines is 1. The third-order valence-corrected chi connectivity index (χ3v) is 6.58. The lowest BCUT2D eigenvalue weighted by Crippen LogP contribution is -2.28. The van der Waals surface area contributed by atoms with Crippen molar-refractivity contribution in [2.24, 2.45) is 5.73 Å². The number of fused-ring (bicyclic) bond motifs is 2. The largest absolute Gasteiger partial charge is 0.773 e. The molecule has 1 aromatic heterocycles.